The van der Waals surface area contributed by atoms with Crippen molar-refractivity contribution in [3.8, 4) is 0 Å². The Labute approximate surface area is 137 Å². The summed E-state index contributed by atoms with van der Waals surface area (Å²) < 4.78 is 0. The fourth-order valence-corrected chi connectivity index (χ4v) is 5.16. The molecule has 4 heteroatoms. The molecule has 115 valence electrons. The molecule has 0 saturated carbocycles. The minimum atomic E-state index is -0.551. The average molecular weight is 320 g/mol. The van der Waals surface area contributed by atoms with Crippen molar-refractivity contribution in [2.24, 2.45) is 0 Å². The standard InChI is InChI=1S/C19H18NO2Si/c1-23(2)17-9-5-8-12-13(17)10-11-16(12)20-18(21)14-6-3-4-7-15(14)19(20)22/h3-9,16H,10-11H2,1-2H3. The van der Waals surface area contributed by atoms with Gasteiger partial charge in [-0.05, 0) is 36.1 Å². The molecule has 0 fully saturated rings. The molecule has 1 heterocycles. The third-order valence-corrected chi connectivity index (χ3v) is 6.46. The maximum absolute atomic E-state index is 12.7. The second-order valence-corrected chi connectivity index (χ2v) is 8.99. The van der Waals surface area contributed by atoms with Crippen LogP contribution in [-0.4, -0.2) is 25.5 Å². The van der Waals surface area contributed by atoms with Gasteiger partial charge in [0.25, 0.3) is 11.8 Å². The molecule has 4 rings (SSSR count). The quantitative estimate of drug-likeness (QED) is 0.630. The number of fused-ring (bicyclic) bond motifs is 2. The number of carbonyl (C=O) groups excluding carboxylic acids is 2. The van der Waals surface area contributed by atoms with E-state index in [2.05, 4.69) is 31.3 Å². The summed E-state index contributed by atoms with van der Waals surface area (Å²) in [7, 11) is -0.551. The van der Waals surface area contributed by atoms with Crippen LogP contribution in [0.2, 0.25) is 13.1 Å². The minimum Gasteiger partial charge on any atom is -0.269 e. The topological polar surface area (TPSA) is 37.4 Å². The van der Waals surface area contributed by atoms with Gasteiger partial charge in [-0.3, -0.25) is 14.5 Å². The fraction of sp³-hybridized carbons (Fsp3) is 0.263. The zero-order chi connectivity index (χ0) is 16.1. The van der Waals surface area contributed by atoms with Gasteiger partial charge < -0.3 is 0 Å². The van der Waals surface area contributed by atoms with E-state index < -0.39 is 8.80 Å². The molecule has 0 saturated heterocycles. The average Bonchev–Trinajstić information content (AvgIpc) is 3.08. The third-order valence-electron chi connectivity index (χ3n) is 4.91. The summed E-state index contributed by atoms with van der Waals surface area (Å²) >= 11 is 0. The Morgan fingerprint density at radius 2 is 1.61 bits per heavy atom. The Hall–Kier alpha value is -2.20. The Morgan fingerprint density at radius 3 is 2.22 bits per heavy atom. The zero-order valence-electron chi connectivity index (χ0n) is 13.3. The number of amides is 2. The molecular formula is C19H18NO2Si. The SMILES string of the molecule is C[Si](C)c1cccc2c1CCC2N1C(=O)c2ccccc2C1=O. The van der Waals surface area contributed by atoms with Crippen LogP contribution in [0, 0.1) is 0 Å². The second-order valence-electron chi connectivity index (χ2n) is 6.45. The van der Waals surface area contributed by atoms with Crippen LogP contribution in [0.3, 0.4) is 0 Å². The third kappa shape index (κ3) is 2.01. The van der Waals surface area contributed by atoms with Crippen LogP contribution in [0.1, 0.15) is 44.3 Å². The Bertz CT molecular complexity index is 793. The number of carbonyl (C=O) groups is 2. The van der Waals surface area contributed by atoms with Crippen molar-refractivity contribution in [3.63, 3.8) is 0 Å². The van der Waals surface area contributed by atoms with Crippen LogP contribution in [0.4, 0.5) is 0 Å². The Kier molecular flexibility index (Phi) is 3.23. The molecule has 0 N–H and O–H groups in total. The van der Waals surface area contributed by atoms with Crippen LogP contribution in [0.25, 0.3) is 0 Å². The first kappa shape index (κ1) is 14.4. The molecule has 1 aliphatic heterocycles. The van der Waals surface area contributed by atoms with Gasteiger partial charge in [0.05, 0.1) is 26.0 Å². The molecule has 1 aliphatic carbocycles. The smallest absolute Gasteiger partial charge is 0.262 e. The number of hydrogen-bond acceptors (Lipinski definition) is 2. The second kappa shape index (κ2) is 5.17. The first-order valence-electron chi connectivity index (χ1n) is 7.99. The van der Waals surface area contributed by atoms with Gasteiger partial charge in [0.1, 0.15) is 0 Å². The molecule has 1 atom stereocenters. The van der Waals surface area contributed by atoms with E-state index in [1.807, 2.05) is 12.1 Å². The monoisotopic (exact) mass is 320 g/mol. The van der Waals surface area contributed by atoms with Gasteiger partial charge in [-0.25, -0.2) is 0 Å². The molecule has 0 aromatic heterocycles. The van der Waals surface area contributed by atoms with Crippen molar-refractivity contribution >= 4 is 25.8 Å². The van der Waals surface area contributed by atoms with E-state index >= 15 is 0 Å². The maximum atomic E-state index is 12.7. The largest absolute Gasteiger partial charge is 0.269 e. The zero-order valence-corrected chi connectivity index (χ0v) is 14.3. The van der Waals surface area contributed by atoms with Crippen LogP contribution in [0.15, 0.2) is 42.5 Å². The summed E-state index contributed by atoms with van der Waals surface area (Å²) in [5.41, 5.74) is 3.62. The van der Waals surface area contributed by atoms with E-state index in [4.69, 9.17) is 0 Å². The van der Waals surface area contributed by atoms with E-state index in [0.29, 0.717) is 11.1 Å². The van der Waals surface area contributed by atoms with Crippen molar-refractivity contribution in [2.45, 2.75) is 32.0 Å². The minimum absolute atomic E-state index is 0.112. The van der Waals surface area contributed by atoms with Gasteiger partial charge in [0.15, 0.2) is 0 Å². The molecule has 3 nitrogen and oxygen atoms in total. The lowest BCUT2D eigenvalue weighted by atomic mass is 10.1. The van der Waals surface area contributed by atoms with E-state index in [1.165, 1.54) is 21.2 Å². The molecule has 2 aromatic carbocycles. The van der Waals surface area contributed by atoms with Gasteiger partial charge in [0.2, 0.25) is 0 Å². The highest BCUT2D eigenvalue weighted by molar-refractivity contribution is 6.71. The van der Waals surface area contributed by atoms with Crippen LogP contribution in [0.5, 0.6) is 0 Å². The highest BCUT2D eigenvalue weighted by atomic mass is 28.3. The van der Waals surface area contributed by atoms with Crippen LogP contribution < -0.4 is 5.19 Å². The van der Waals surface area contributed by atoms with Crippen molar-refractivity contribution in [1.82, 2.24) is 4.90 Å². The highest BCUT2D eigenvalue weighted by Crippen LogP contribution is 2.39. The van der Waals surface area contributed by atoms with E-state index in [-0.39, 0.29) is 17.9 Å². The van der Waals surface area contributed by atoms with Crippen molar-refractivity contribution in [3.05, 3.63) is 64.7 Å². The summed E-state index contributed by atoms with van der Waals surface area (Å²) in [6.07, 6.45) is 1.80. The molecule has 2 aromatic rings. The summed E-state index contributed by atoms with van der Waals surface area (Å²) in [5.74, 6) is -0.292. The number of benzene rings is 2. The number of rotatable bonds is 2. The summed E-state index contributed by atoms with van der Waals surface area (Å²) in [6.45, 7) is 4.57. The molecule has 0 bridgehead atoms. The molecular weight excluding hydrogens is 302 g/mol. The van der Waals surface area contributed by atoms with Gasteiger partial charge in [-0.2, -0.15) is 0 Å². The molecule has 1 radical (unpaired) electrons. The lowest BCUT2D eigenvalue weighted by molar-refractivity contribution is 0.0582. The van der Waals surface area contributed by atoms with Gasteiger partial charge in [-0.15, -0.1) is 0 Å². The first-order valence-corrected chi connectivity index (χ1v) is 10.5. The van der Waals surface area contributed by atoms with Crippen molar-refractivity contribution in [2.75, 3.05) is 0 Å². The van der Waals surface area contributed by atoms with Crippen LogP contribution in [-0.2, 0) is 6.42 Å². The van der Waals surface area contributed by atoms with Gasteiger partial charge in [-0.1, -0.05) is 48.6 Å². The van der Waals surface area contributed by atoms with E-state index in [1.54, 1.807) is 12.1 Å². The summed E-state index contributed by atoms with van der Waals surface area (Å²) in [4.78, 5) is 27.0. The van der Waals surface area contributed by atoms with E-state index in [9.17, 15) is 9.59 Å². The van der Waals surface area contributed by atoms with Crippen molar-refractivity contribution < 1.29 is 9.59 Å². The Balaban J connectivity index is 1.78. The number of imide groups is 1. The lowest BCUT2D eigenvalue weighted by Crippen LogP contribution is -2.33. The molecule has 0 spiro atoms. The predicted octanol–water partition coefficient (Wildman–Crippen LogP) is 2.93. The van der Waals surface area contributed by atoms with Crippen molar-refractivity contribution in [1.29, 1.82) is 0 Å². The maximum Gasteiger partial charge on any atom is 0.262 e. The number of hydrogen-bond donors (Lipinski definition) is 0. The summed E-state index contributed by atoms with van der Waals surface area (Å²) in [6, 6.07) is 13.4. The van der Waals surface area contributed by atoms with E-state index in [0.717, 1.165) is 12.8 Å². The highest BCUT2D eigenvalue weighted by Gasteiger charge is 2.42. The lowest BCUT2D eigenvalue weighted by Gasteiger charge is -2.23. The molecule has 23 heavy (non-hydrogen) atoms. The Morgan fingerprint density at radius 1 is 0.957 bits per heavy atom. The van der Waals surface area contributed by atoms with Gasteiger partial charge >= 0.3 is 0 Å². The predicted molar refractivity (Wildman–Crippen MR) is 91.6 cm³/mol. The van der Waals surface area contributed by atoms with Crippen LogP contribution >= 0.6 is 0 Å². The summed E-state index contributed by atoms with van der Waals surface area (Å²) in [5, 5.41) is 1.44. The molecule has 2 aliphatic rings. The van der Waals surface area contributed by atoms with Gasteiger partial charge in [0, 0.05) is 0 Å². The first-order chi connectivity index (χ1) is 11.1. The molecule has 2 amide bonds. The fourth-order valence-electron chi connectivity index (χ4n) is 3.86. The number of nitrogens with zero attached hydrogens (tertiary/aromatic N) is 1. The molecule has 1 unspecified atom stereocenters. The normalized spacial score (nSPS) is 19.4.